The van der Waals surface area contributed by atoms with Gasteiger partial charge >= 0.3 is 5.97 Å². The molecule has 1 aromatic heterocycles. The lowest BCUT2D eigenvalue weighted by Crippen LogP contribution is -2.17. The van der Waals surface area contributed by atoms with Crippen LogP contribution in [0.4, 0.5) is 0 Å². The molecule has 1 fully saturated rings. The second-order valence-corrected chi connectivity index (χ2v) is 3.11. The first-order chi connectivity index (χ1) is 7.29. The molecule has 1 saturated heterocycles. The molecule has 6 nitrogen and oxygen atoms in total. The Bertz CT molecular complexity index is 344. The average molecular weight is 212 g/mol. The van der Waals surface area contributed by atoms with Crippen molar-refractivity contribution in [3.63, 3.8) is 0 Å². The van der Waals surface area contributed by atoms with Crippen LogP contribution in [-0.4, -0.2) is 42.4 Å². The van der Waals surface area contributed by atoms with Gasteiger partial charge in [0.2, 0.25) is 0 Å². The molecule has 1 aliphatic heterocycles. The van der Waals surface area contributed by atoms with E-state index in [2.05, 4.69) is 9.84 Å². The number of rotatable bonds is 3. The monoisotopic (exact) mass is 212 g/mol. The van der Waals surface area contributed by atoms with Crippen LogP contribution in [0.1, 0.15) is 10.4 Å². The van der Waals surface area contributed by atoms with Gasteiger partial charge in [-0.05, 0) is 0 Å². The Balaban J connectivity index is 1.97. The van der Waals surface area contributed by atoms with E-state index in [1.807, 2.05) is 0 Å². The Morgan fingerprint density at radius 2 is 2.40 bits per heavy atom. The van der Waals surface area contributed by atoms with Crippen LogP contribution in [0.2, 0.25) is 0 Å². The van der Waals surface area contributed by atoms with E-state index in [-0.39, 0.29) is 6.29 Å². The number of carbonyl (C=O) groups is 1. The predicted molar refractivity (Wildman–Crippen MR) is 49.3 cm³/mol. The van der Waals surface area contributed by atoms with Gasteiger partial charge in [-0.15, -0.1) is 0 Å². The van der Waals surface area contributed by atoms with Crippen molar-refractivity contribution in [2.75, 3.05) is 20.3 Å². The zero-order valence-electron chi connectivity index (χ0n) is 8.38. The van der Waals surface area contributed by atoms with Crippen LogP contribution >= 0.6 is 0 Å². The van der Waals surface area contributed by atoms with Crippen molar-refractivity contribution >= 4 is 5.97 Å². The molecule has 82 valence electrons. The molecule has 2 heterocycles. The van der Waals surface area contributed by atoms with Crippen molar-refractivity contribution in [3.05, 3.63) is 18.0 Å². The second-order valence-electron chi connectivity index (χ2n) is 3.11. The van der Waals surface area contributed by atoms with Crippen molar-refractivity contribution in [2.24, 2.45) is 0 Å². The van der Waals surface area contributed by atoms with Crippen molar-refractivity contribution in [1.29, 1.82) is 0 Å². The van der Waals surface area contributed by atoms with Gasteiger partial charge in [-0.1, -0.05) is 0 Å². The molecule has 0 atom stereocenters. The topological polar surface area (TPSA) is 62.6 Å². The lowest BCUT2D eigenvalue weighted by molar-refractivity contribution is -0.0545. The van der Waals surface area contributed by atoms with Crippen LogP contribution in [-0.2, 0) is 20.8 Å². The maximum absolute atomic E-state index is 11.1. The number of aromatic nitrogens is 2. The van der Waals surface area contributed by atoms with E-state index in [1.54, 1.807) is 10.9 Å². The maximum Gasteiger partial charge on any atom is 0.341 e. The molecule has 0 amide bonds. The molecule has 15 heavy (non-hydrogen) atoms. The van der Waals surface area contributed by atoms with Crippen LogP contribution in [0.3, 0.4) is 0 Å². The van der Waals surface area contributed by atoms with E-state index in [0.29, 0.717) is 25.3 Å². The largest absolute Gasteiger partial charge is 0.465 e. The van der Waals surface area contributed by atoms with Crippen molar-refractivity contribution in [1.82, 2.24) is 9.78 Å². The molecular formula is C9H12N2O4. The zero-order chi connectivity index (χ0) is 10.7. The van der Waals surface area contributed by atoms with E-state index < -0.39 is 5.97 Å². The van der Waals surface area contributed by atoms with E-state index >= 15 is 0 Å². The molecule has 1 aliphatic rings. The lowest BCUT2D eigenvalue weighted by atomic mass is 10.4. The van der Waals surface area contributed by atoms with Crippen LogP contribution in [0, 0.1) is 0 Å². The summed E-state index contributed by atoms with van der Waals surface area (Å²) in [6, 6.07) is 0. The highest BCUT2D eigenvalue weighted by Crippen LogP contribution is 2.07. The Morgan fingerprint density at radius 1 is 1.67 bits per heavy atom. The molecular weight excluding hydrogens is 200 g/mol. The molecule has 6 heteroatoms. The van der Waals surface area contributed by atoms with Gasteiger partial charge in [0.05, 0.1) is 38.6 Å². The van der Waals surface area contributed by atoms with Gasteiger partial charge in [0.25, 0.3) is 0 Å². The number of esters is 1. The van der Waals surface area contributed by atoms with E-state index in [9.17, 15) is 4.79 Å². The summed E-state index contributed by atoms with van der Waals surface area (Å²) in [7, 11) is 1.34. The van der Waals surface area contributed by atoms with Gasteiger partial charge in [0.15, 0.2) is 6.29 Å². The van der Waals surface area contributed by atoms with Crippen LogP contribution in [0.5, 0.6) is 0 Å². The standard InChI is InChI=1S/C9H12N2O4/c1-13-9(12)7-4-10-11(5-7)6-8-14-2-3-15-8/h4-5,8H,2-3,6H2,1H3. The Morgan fingerprint density at radius 3 is 3.07 bits per heavy atom. The summed E-state index contributed by atoms with van der Waals surface area (Å²) in [4.78, 5) is 11.1. The van der Waals surface area contributed by atoms with E-state index in [4.69, 9.17) is 9.47 Å². The van der Waals surface area contributed by atoms with Crippen LogP contribution in [0.25, 0.3) is 0 Å². The Labute approximate surface area is 86.7 Å². The number of nitrogens with zero attached hydrogens (tertiary/aromatic N) is 2. The van der Waals surface area contributed by atoms with Gasteiger partial charge < -0.3 is 14.2 Å². The van der Waals surface area contributed by atoms with Crippen molar-refractivity contribution in [2.45, 2.75) is 12.8 Å². The molecule has 0 aromatic carbocycles. The highest BCUT2D eigenvalue weighted by molar-refractivity contribution is 5.88. The van der Waals surface area contributed by atoms with E-state index in [1.165, 1.54) is 13.3 Å². The number of ether oxygens (including phenoxy) is 3. The first-order valence-electron chi connectivity index (χ1n) is 4.63. The highest BCUT2D eigenvalue weighted by atomic mass is 16.7. The number of hydrogen-bond acceptors (Lipinski definition) is 5. The van der Waals surface area contributed by atoms with E-state index in [0.717, 1.165) is 0 Å². The minimum atomic E-state index is -0.394. The van der Waals surface area contributed by atoms with Gasteiger partial charge in [0.1, 0.15) is 0 Å². The zero-order valence-corrected chi connectivity index (χ0v) is 8.38. The molecule has 2 rings (SSSR count). The summed E-state index contributed by atoms with van der Waals surface area (Å²) >= 11 is 0. The molecule has 0 spiro atoms. The van der Waals surface area contributed by atoms with Gasteiger partial charge in [-0.3, -0.25) is 4.68 Å². The lowest BCUT2D eigenvalue weighted by Gasteiger charge is -2.07. The molecule has 0 bridgehead atoms. The summed E-state index contributed by atoms with van der Waals surface area (Å²) in [6.07, 6.45) is 2.80. The summed E-state index contributed by atoms with van der Waals surface area (Å²) in [6.45, 7) is 1.70. The molecule has 0 radical (unpaired) electrons. The van der Waals surface area contributed by atoms with Gasteiger partial charge in [0, 0.05) is 6.20 Å². The third-order valence-corrected chi connectivity index (χ3v) is 2.08. The fourth-order valence-corrected chi connectivity index (χ4v) is 1.35. The van der Waals surface area contributed by atoms with Crippen LogP contribution < -0.4 is 0 Å². The quantitative estimate of drug-likeness (QED) is 0.662. The third-order valence-electron chi connectivity index (χ3n) is 2.08. The molecule has 0 saturated carbocycles. The average Bonchev–Trinajstić information content (AvgIpc) is 2.88. The molecule has 0 aliphatic carbocycles. The smallest absolute Gasteiger partial charge is 0.341 e. The van der Waals surface area contributed by atoms with Gasteiger partial charge in [-0.25, -0.2) is 4.79 Å². The summed E-state index contributed by atoms with van der Waals surface area (Å²) < 4.78 is 16.7. The fraction of sp³-hybridized carbons (Fsp3) is 0.556. The molecule has 0 unspecified atom stereocenters. The third kappa shape index (κ3) is 2.34. The second kappa shape index (κ2) is 4.41. The summed E-state index contributed by atoms with van der Waals surface area (Å²) in [5, 5.41) is 4.00. The summed E-state index contributed by atoms with van der Waals surface area (Å²) in [5.74, 6) is -0.394. The molecule has 0 N–H and O–H groups in total. The normalized spacial score (nSPS) is 16.9. The first-order valence-corrected chi connectivity index (χ1v) is 4.63. The number of carbonyl (C=O) groups excluding carboxylic acids is 1. The Hall–Kier alpha value is -1.40. The molecule has 1 aromatic rings. The number of hydrogen-bond donors (Lipinski definition) is 0. The van der Waals surface area contributed by atoms with Crippen molar-refractivity contribution < 1.29 is 19.0 Å². The minimum Gasteiger partial charge on any atom is -0.465 e. The summed E-state index contributed by atoms with van der Waals surface area (Å²) in [5.41, 5.74) is 0.426. The Kier molecular flexibility index (Phi) is 2.98. The maximum atomic E-state index is 11.1. The van der Waals surface area contributed by atoms with Crippen molar-refractivity contribution in [3.8, 4) is 0 Å². The van der Waals surface area contributed by atoms with Gasteiger partial charge in [-0.2, -0.15) is 5.10 Å². The highest BCUT2D eigenvalue weighted by Gasteiger charge is 2.17. The minimum absolute atomic E-state index is 0.268. The van der Waals surface area contributed by atoms with Crippen LogP contribution in [0.15, 0.2) is 12.4 Å². The predicted octanol–water partition coefficient (Wildman–Crippen LogP) is 0.0426. The SMILES string of the molecule is COC(=O)c1cnn(CC2OCCO2)c1. The number of methoxy groups -OCH3 is 1. The first kappa shape index (κ1) is 10.1. The fourth-order valence-electron chi connectivity index (χ4n) is 1.35.